The molecule has 20 heavy (non-hydrogen) atoms. The highest BCUT2D eigenvalue weighted by molar-refractivity contribution is 5.46. The van der Waals surface area contributed by atoms with Gasteiger partial charge in [-0.2, -0.15) is 0 Å². The number of aliphatic hydroxyl groups excluding tert-OH is 1. The molecule has 0 aliphatic carbocycles. The SMILES string of the molecule is OC(COc1ccc2c(c1)OCO2)C[NH+]1CCOCC1. The van der Waals surface area contributed by atoms with Crippen molar-refractivity contribution in [1.29, 1.82) is 0 Å². The van der Waals surface area contributed by atoms with Gasteiger partial charge in [0.15, 0.2) is 11.5 Å². The maximum atomic E-state index is 10.0. The van der Waals surface area contributed by atoms with Crippen LogP contribution >= 0.6 is 0 Å². The molecule has 110 valence electrons. The minimum absolute atomic E-state index is 0.252. The van der Waals surface area contributed by atoms with Gasteiger partial charge in [-0.15, -0.1) is 0 Å². The third-order valence-electron chi connectivity index (χ3n) is 3.51. The lowest BCUT2D eigenvalue weighted by Crippen LogP contribution is -3.15. The standard InChI is InChI=1S/C14H19NO5/c16-11(8-15-3-5-17-6-4-15)9-18-12-1-2-13-14(7-12)20-10-19-13/h1-2,7,11,16H,3-6,8-10H2/p+1. The molecule has 0 bridgehead atoms. The molecule has 0 saturated carbocycles. The Kier molecular flexibility index (Phi) is 4.25. The Balaban J connectivity index is 1.46. The van der Waals surface area contributed by atoms with Gasteiger partial charge in [-0.1, -0.05) is 0 Å². The summed E-state index contributed by atoms with van der Waals surface area (Å²) in [6, 6.07) is 5.43. The summed E-state index contributed by atoms with van der Waals surface area (Å²) in [6.07, 6.45) is -0.478. The molecule has 1 atom stereocenters. The maximum absolute atomic E-state index is 10.0. The van der Waals surface area contributed by atoms with E-state index in [-0.39, 0.29) is 13.4 Å². The minimum Gasteiger partial charge on any atom is -0.491 e. The molecule has 0 spiro atoms. The lowest BCUT2D eigenvalue weighted by atomic mass is 10.3. The zero-order chi connectivity index (χ0) is 13.8. The number of aliphatic hydroxyl groups is 1. The summed E-state index contributed by atoms with van der Waals surface area (Å²) < 4.78 is 21.4. The molecule has 1 saturated heterocycles. The summed E-state index contributed by atoms with van der Waals surface area (Å²) in [7, 11) is 0. The van der Waals surface area contributed by atoms with Crippen LogP contribution < -0.4 is 19.1 Å². The smallest absolute Gasteiger partial charge is 0.231 e. The first-order valence-corrected chi connectivity index (χ1v) is 6.93. The number of quaternary nitrogens is 1. The molecule has 6 heteroatoms. The summed E-state index contributed by atoms with van der Waals surface area (Å²) in [5, 5.41) is 10.0. The zero-order valence-electron chi connectivity index (χ0n) is 11.3. The normalized spacial score (nSPS) is 19.9. The van der Waals surface area contributed by atoms with Crippen molar-refractivity contribution in [3.05, 3.63) is 18.2 Å². The van der Waals surface area contributed by atoms with Crippen LogP contribution in [0.5, 0.6) is 17.2 Å². The fourth-order valence-corrected chi connectivity index (χ4v) is 2.42. The number of ether oxygens (including phenoxy) is 4. The van der Waals surface area contributed by atoms with Crippen molar-refractivity contribution in [2.75, 3.05) is 46.2 Å². The maximum Gasteiger partial charge on any atom is 0.231 e. The molecule has 1 aromatic rings. The van der Waals surface area contributed by atoms with Crippen molar-refractivity contribution < 1.29 is 29.0 Å². The highest BCUT2D eigenvalue weighted by atomic mass is 16.7. The molecule has 1 unspecified atom stereocenters. The van der Waals surface area contributed by atoms with Crippen molar-refractivity contribution in [2.24, 2.45) is 0 Å². The van der Waals surface area contributed by atoms with Crippen molar-refractivity contribution >= 4 is 0 Å². The summed E-state index contributed by atoms with van der Waals surface area (Å²) in [5.74, 6) is 2.11. The van der Waals surface area contributed by atoms with E-state index in [1.807, 2.05) is 12.1 Å². The van der Waals surface area contributed by atoms with Crippen molar-refractivity contribution in [3.63, 3.8) is 0 Å². The topological polar surface area (TPSA) is 61.6 Å². The van der Waals surface area contributed by atoms with Gasteiger partial charge in [-0.3, -0.25) is 0 Å². The van der Waals surface area contributed by atoms with E-state index in [0.29, 0.717) is 18.0 Å². The van der Waals surface area contributed by atoms with Crippen LogP contribution in [0.1, 0.15) is 0 Å². The average molecular weight is 282 g/mol. The van der Waals surface area contributed by atoms with Gasteiger partial charge < -0.3 is 29.0 Å². The number of morpholine rings is 1. The summed E-state index contributed by atoms with van der Waals surface area (Å²) in [6.45, 7) is 4.65. The molecule has 2 N–H and O–H groups in total. The van der Waals surface area contributed by atoms with Crippen molar-refractivity contribution in [3.8, 4) is 17.2 Å². The highest BCUT2D eigenvalue weighted by Crippen LogP contribution is 2.35. The second-order valence-corrected chi connectivity index (χ2v) is 5.05. The lowest BCUT2D eigenvalue weighted by molar-refractivity contribution is -0.911. The predicted octanol–water partition coefficient (Wildman–Crippen LogP) is -0.930. The number of benzene rings is 1. The average Bonchev–Trinajstić information content (AvgIpc) is 2.93. The predicted molar refractivity (Wildman–Crippen MR) is 70.4 cm³/mol. The summed E-state index contributed by atoms with van der Waals surface area (Å²) in [4.78, 5) is 1.36. The number of nitrogens with one attached hydrogen (secondary N) is 1. The minimum atomic E-state index is -0.478. The molecule has 2 heterocycles. The molecule has 0 radical (unpaired) electrons. The monoisotopic (exact) mass is 282 g/mol. The molecule has 0 amide bonds. The largest absolute Gasteiger partial charge is 0.491 e. The molecule has 6 nitrogen and oxygen atoms in total. The number of hydrogen-bond acceptors (Lipinski definition) is 5. The first-order valence-electron chi connectivity index (χ1n) is 6.93. The third-order valence-corrected chi connectivity index (χ3v) is 3.51. The number of rotatable bonds is 5. The van der Waals surface area contributed by atoms with Crippen LogP contribution in [0.25, 0.3) is 0 Å². The first-order chi connectivity index (χ1) is 9.81. The Morgan fingerprint density at radius 1 is 1.20 bits per heavy atom. The van der Waals surface area contributed by atoms with E-state index in [1.54, 1.807) is 6.07 Å². The summed E-state index contributed by atoms with van der Waals surface area (Å²) in [5.41, 5.74) is 0. The second kappa shape index (κ2) is 6.30. The van der Waals surface area contributed by atoms with Crippen LogP contribution in [-0.2, 0) is 4.74 Å². The van der Waals surface area contributed by atoms with Crippen molar-refractivity contribution in [1.82, 2.24) is 0 Å². The molecule has 1 aromatic carbocycles. The van der Waals surface area contributed by atoms with E-state index in [2.05, 4.69) is 0 Å². The zero-order valence-corrected chi connectivity index (χ0v) is 11.3. The molecule has 1 fully saturated rings. The van der Waals surface area contributed by atoms with E-state index in [4.69, 9.17) is 18.9 Å². The van der Waals surface area contributed by atoms with Gasteiger partial charge in [0.2, 0.25) is 6.79 Å². The van der Waals surface area contributed by atoms with E-state index < -0.39 is 6.10 Å². The van der Waals surface area contributed by atoms with Crippen LogP contribution in [0.3, 0.4) is 0 Å². The van der Waals surface area contributed by atoms with Crippen molar-refractivity contribution in [2.45, 2.75) is 6.10 Å². The van der Waals surface area contributed by atoms with Gasteiger partial charge in [0.05, 0.1) is 13.2 Å². The van der Waals surface area contributed by atoms with E-state index in [0.717, 1.165) is 32.1 Å². The van der Waals surface area contributed by atoms with E-state index >= 15 is 0 Å². The number of fused-ring (bicyclic) bond motifs is 1. The number of hydrogen-bond donors (Lipinski definition) is 2. The molecular weight excluding hydrogens is 262 g/mol. The molecular formula is C14H20NO5+. The molecule has 2 aliphatic rings. The quantitative estimate of drug-likeness (QED) is 0.731. The fourth-order valence-electron chi connectivity index (χ4n) is 2.42. The van der Waals surface area contributed by atoms with E-state index in [1.165, 1.54) is 4.90 Å². The van der Waals surface area contributed by atoms with Crippen LogP contribution in [0.4, 0.5) is 0 Å². The van der Waals surface area contributed by atoms with Gasteiger partial charge in [-0.25, -0.2) is 0 Å². The van der Waals surface area contributed by atoms with Crippen LogP contribution in [0.15, 0.2) is 18.2 Å². The molecule has 2 aliphatic heterocycles. The third kappa shape index (κ3) is 3.33. The van der Waals surface area contributed by atoms with Crippen LogP contribution in [-0.4, -0.2) is 57.5 Å². The molecule has 0 aromatic heterocycles. The second-order valence-electron chi connectivity index (χ2n) is 5.05. The van der Waals surface area contributed by atoms with Gasteiger partial charge in [0.1, 0.15) is 38.1 Å². The van der Waals surface area contributed by atoms with Gasteiger partial charge in [0, 0.05) is 6.07 Å². The first kappa shape index (κ1) is 13.5. The van der Waals surface area contributed by atoms with E-state index in [9.17, 15) is 5.11 Å². The van der Waals surface area contributed by atoms with Crippen LogP contribution in [0, 0.1) is 0 Å². The fraction of sp³-hybridized carbons (Fsp3) is 0.571. The highest BCUT2D eigenvalue weighted by Gasteiger charge is 2.19. The Morgan fingerprint density at radius 3 is 2.85 bits per heavy atom. The van der Waals surface area contributed by atoms with Gasteiger partial charge >= 0.3 is 0 Å². The summed E-state index contributed by atoms with van der Waals surface area (Å²) >= 11 is 0. The Labute approximate surface area is 117 Å². The molecule has 3 rings (SSSR count). The lowest BCUT2D eigenvalue weighted by Gasteiger charge is -2.25. The van der Waals surface area contributed by atoms with Gasteiger partial charge in [-0.05, 0) is 12.1 Å². The Hall–Kier alpha value is -1.50. The van der Waals surface area contributed by atoms with Crippen LogP contribution in [0.2, 0.25) is 0 Å². The van der Waals surface area contributed by atoms with Gasteiger partial charge in [0.25, 0.3) is 0 Å². The Bertz CT molecular complexity index is 447. The Morgan fingerprint density at radius 2 is 2.00 bits per heavy atom.